The zero-order valence-corrected chi connectivity index (χ0v) is 19.5. The third-order valence-electron chi connectivity index (χ3n) is 3.97. The maximum atomic E-state index is 12.5. The molecule has 0 aliphatic heterocycles. The molecule has 1 aromatic heterocycles. The fourth-order valence-electron chi connectivity index (χ4n) is 2.52. The first-order chi connectivity index (χ1) is 12.9. The van der Waals surface area contributed by atoms with Gasteiger partial charge in [0.05, 0.1) is 4.90 Å². The standard InChI is InChI=1S/C19H27N5O2S.HI/c1-15-7-8-16(2)18(14-15)27(25,26)24-13-12-23-19(20-3)22-11-9-17-6-4-5-10-21-17;/h4-8,10,14,24H,9,11-13H2,1-3H3,(H2,20,22,23);1H. The van der Waals surface area contributed by atoms with Gasteiger partial charge in [0.2, 0.25) is 10.0 Å². The number of nitrogens with one attached hydrogen (secondary N) is 3. The minimum absolute atomic E-state index is 0. The number of hydrogen-bond donors (Lipinski definition) is 3. The molecule has 1 aromatic carbocycles. The first-order valence-corrected chi connectivity index (χ1v) is 10.3. The molecule has 9 heteroatoms. The lowest BCUT2D eigenvalue weighted by Crippen LogP contribution is -2.42. The van der Waals surface area contributed by atoms with Crippen molar-refractivity contribution in [3.05, 3.63) is 59.4 Å². The van der Waals surface area contributed by atoms with Crippen LogP contribution in [0.2, 0.25) is 0 Å². The Kier molecular flexibility index (Phi) is 10.4. The topological polar surface area (TPSA) is 95.5 Å². The van der Waals surface area contributed by atoms with E-state index in [1.807, 2.05) is 37.3 Å². The van der Waals surface area contributed by atoms with Gasteiger partial charge in [-0.2, -0.15) is 0 Å². The van der Waals surface area contributed by atoms with E-state index < -0.39 is 10.0 Å². The summed E-state index contributed by atoms with van der Waals surface area (Å²) in [5, 5.41) is 6.28. The predicted molar refractivity (Wildman–Crippen MR) is 124 cm³/mol. The second kappa shape index (κ2) is 12.0. The molecule has 1 heterocycles. The van der Waals surface area contributed by atoms with Gasteiger partial charge in [-0.15, -0.1) is 24.0 Å². The molecule has 154 valence electrons. The predicted octanol–water partition coefficient (Wildman–Crippen LogP) is 2.00. The van der Waals surface area contributed by atoms with E-state index in [9.17, 15) is 8.42 Å². The number of aromatic nitrogens is 1. The summed E-state index contributed by atoms with van der Waals surface area (Å²) in [6.07, 6.45) is 2.55. The zero-order chi connectivity index (χ0) is 19.7. The zero-order valence-electron chi connectivity index (χ0n) is 16.4. The quantitative estimate of drug-likeness (QED) is 0.216. The first kappa shape index (κ1) is 24.3. The lowest BCUT2D eigenvalue weighted by molar-refractivity contribution is 0.579. The van der Waals surface area contributed by atoms with Gasteiger partial charge in [0, 0.05) is 45.0 Å². The highest BCUT2D eigenvalue weighted by molar-refractivity contribution is 14.0. The number of guanidine groups is 1. The van der Waals surface area contributed by atoms with Crippen LogP contribution in [0.5, 0.6) is 0 Å². The highest BCUT2D eigenvalue weighted by Gasteiger charge is 2.16. The van der Waals surface area contributed by atoms with Crippen LogP contribution < -0.4 is 15.4 Å². The second-order valence-electron chi connectivity index (χ2n) is 6.16. The number of pyridine rings is 1. The third kappa shape index (κ3) is 7.72. The molecular formula is C19H28IN5O2S. The molecule has 0 atom stereocenters. The van der Waals surface area contributed by atoms with E-state index in [1.54, 1.807) is 26.2 Å². The number of rotatable bonds is 8. The van der Waals surface area contributed by atoms with Gasteiger partial charge in [-0.05, 0) is 43.2 Å². The Bertz CT molecular complexity index is 873. The molecule has 0 radical (unpaired) electrons. The van der Waals surface area contributed by atoms with Crippen molar-refractivity contribution in [1.29, 1.82) is 0 Å². The number of benzene rings is 1. The van der Waals surface area contributed by atoms with E-state index in [0.29, 0.717) is 23.9 Å². The smallest absolute Gasteiger partial charge is 0.240 e. The Labute approximate surface area is 184 Å². The molecule has 3 N–H and O–H groups in total. The van der Waals surface area contributed by atoms with Crippen LogP contribution in [0.1, 0.15) is 16.8 Å². The highest BCUT2D eigenvalue weighted by atomic mass is 127. The van der Waals surface area contributed by atoms with Crippen molar-refractivity contribution in [2.24, 2.45) is 4.99 Å². The van der Waals surface area contributed by atoms with Gasteiger partial charge in [0.1, 0.15) is 0 Å². The van der Waals surface area contributed by atoms with Crippen molar-refractivity contribution in [2.45, 2.75) is 25.2 Å². The molecule has 0 fully saturated rings. The van der Waals surface area contributed by atoms with E-state index in [2.05, 4.69) is 25.3 Å². The Morgan fingerprint density at radius 3 is 2.50 bits per heavy atom. The normalized spacial score (nSPS) is 11.6. The van der Waals surface area contributed by atoms with Crippen LogP contribution in [0, 0.1) is 13.8 Å². The van der Waals surface area contributed by atoms with Gasteiger partial charge in [-0.1, -0.05) is 18.2 Å². The molecule has 0 saturated heterocycles. The van der Waals surface area contributed by atoms with Crippen molar-refractivity contribution in [3.8, 4) is 0 Å². The van der Waals surface area contributed by atoms with Crippen molar-refractivity contribution >= 4 is 40.0 Å². The minimum atomic E-state index is -3.53. The Hall–Kier alpha value is -1.72. The van der Waals surface area contributed by atoms with Crippen molar-refractivity contribution in [1.82, 2.24) is 20.3 Å². The number of halogens is 1. The van der Waals surface area contributed by atoms with E-state index in [4.69, 9.17) is 0 Å². The molecule has 0 unspecified atom stereocenters. The van der Waals surface area contributed by atoms with Crippen LogP contribution in [0.3, 0.4) is 0 Å². The molecule has 0 aliphatic rings. The second-order valence-corrected chi connectivity index (χ2v) is 7.90. The third-order valence-corrected chi connectivity index (χ3v) is 5.57. The summed E-state index contributed by atoms with van der Waals surface area (Å²) in [6.45, 7) is 5.04. The van der Waals surface area contributed by atoms with Crippen LogP contribution in [0.15, 0.2) is 52.5 Å². The van der Waals surface area contributed by atoms with Crippen molar-refractivity contribution in [3.63, 3.8) is 0 Å². The Balaban J connectivity index is 0.00000392. The average Bonchev–Trinajstić information content (AvgIpc) is 2.66. The molecular weight excluding hydrogens is 489 g/mol. The van der Waals surface area contributed by atoms with Gasteiger partial charge in [0.25, 0.3) is 0 Å². The molecule has 2 aromatic rings. The molecule has 28 heavy (non-hydrogen) atoms. The summed E-state index contributed by atoms with van der Waals surface area (Å²) in [4.78, 5) is 8.72. The lowest BCUT2D eigenvalue weighted by atomic mass is 10.2. The SMILES string of the molecule is CN=C(NCCNS(=O)(=O)c1cc(C)ccc1C)NCCc1ccccn1.I. The molecule has 0 spiro atoms. The number of aliphatic imine (C=N–C) groups is 1. The summed E-state index contributed by atoms with van der Waals surface area (Å²) >= 11 is 0. The van der Waals surface area contributed by atoms with E-state index in [1.165, 1.54) is 0 Å². The van der Waals surface area contributed by atoms with Crippen molar-refractivity contribution in [2.75, 3.05) is 26.7 Å². The van der Waals surface area contributed by atoms with Gasteiger partial charge >= 0.3 is 0 Å². The molecule has 0 saturated carbocycles. The molecule has 0 aliphatic carbocycles. The van der Waals surface area contributed by atoms with Gasteiger partial charge in [-0.3, -0.25) is 9.98 Å². The minimum Gasteiger partial charge on any atom is -0.356 e. The molecule has 7 nitrogen and oxygen atoms in total. The largest absolute Gasteiger partial charge is 0.356 e. The van der Waals surface area contributed by atoms with Crippen LogP contribution in [-0.4, -0.2) is 46.0 Å². The van der Waals surface area contributed by atoms with Gasteiger partial charge < -0.3 is 10.6 Å². The summed E-state index contributed by atoms with van der Waals surface area (Å²) < 4.78 is 27.5. The monoisotopic (exact) mass is 517 g/mol. The summed E-state index contributed by atoms with van der Waals surface area (Å²) in [5.41, 5.74) is 2.64. The van der Waals surface area contributed by atoms with Crippen LogP contribution >= 0.6 is 24.0 Å². The van der Waals surface area contributed by atoms with E-state index in [0.717, 1.165) is 23.2 Å². The number of sulfonamides is 1. The lowest BCUT2D eigenvalue weighted by Gasteiger charge is -2.13. The Morgan fingerprint density at radius 1 is 1.07 bits per heavy atom. The number of aryl methyl sites for hydroxylation is 2. The van der Waals surface area contributed by atoms with Crippen LogP contribution in [0.4, 0.5) is 0 Å². The molecule has 0 amide bonds. The summed E-state index contributed by atoms with van der Waals surface area (Å²) in [6, 6.07) is 11.2. The Morgan fingerprint density at radius 2 is 1.82 bits per heavy atom. The first-order valence-electron chi connectivity index (χ1n) is 8.84. The maximum Gasteiger partial charge on any atom is 0.240 e. The fraction of sp³-hybridized carbons (Fsp3) is 0.368. The van der Waals surface area contributed by atoms with Crippen molar-refractivity contribution < 1.29 is 8.42 Å². The number of hydrogen-bond acceptors (Lipinski definition) is 4. The highest BCUT2D eigenvalue weighted by Crippen LogP contribution is 2.16. The molecule has 2 rings (SSSR count). The van der Waals surface area contributed by atoms with E-state index in [-0.39, 0.29) is 30.5 Å². The average molecular weight is 517 g/mol. The molecule has 0 bridgehead atoms. The van der Waals surface area contributed by atoms with Crippen LogP contribution in [-0.2, 0) is 16.4 Å². The maximum absolute atomic E-state index is 12.5. The van der Waals surface area contributed by atoms with Gasteiger partial charge in [-0.25, -0.2) is 13.1 Å². The van der Waals surface area contributed by atoms with Gasteiger partial charge in [0.15, 0.2) is 5.96 Å². The summed E-state index contributed by atoms with van der Waals surface area (Å²) in [7, 11) is -1.85. The number of nitrogens with zero attached hydrogens (tertiary/aromatic N) is 2. The fourth-order valence-corrected chi connectivity index (χ4v) is 3.88. The van der Waals surface area contributed by atoms with Crippen LogP contribution in [0.25, 0.3) is 0 Å². The summed E-state index contributed by atoms with van der Waals surface area (Å²) in [5.74, 6) is 0.622. The van der Waals surface area contributed by atoms with E-state index >= 15 is 0 Å².